The molecule has 6 heteroatoms. The van der Waals surface area contributed by atoms with Crippen LogP contribution in [0, 0.1) is 39.4 Å². The van der Waals surface area contributed by atoms with Crippen LogP contribution in [0.2, 0.25) is 0 Å². The number of esters is 3. The predicted octanol–water partition coefficient (Wildman–Crippen LogP) is 7.33. The van der Waals surface area contributed by atoms with Gasteiger partial charge < -0.3 is 14.2 Å². The topological polar surface area (TPSA) is 78.9 Å². The van der Waals surface area contributed by atoms with E-state index in [0.717, 1.165) is 57.8 Å². The van der Waals surface area contributed by atoms with Gasteiger partial charge in [-0.05, 0) is 82.0 Å². The molecule has 5 rings (SSSR count). The van der Waals surface area contributed by atoms with Gasteiger partial charge in [0.1, 0.15) is 17.8 Å². The molecule has 0 radical (unpaired) electrons. The largest absolute Gasteiger partial charge is 0.462 e. The highest BCUT2D eigenvalue weighted by molar-refractivity contribution is 5.84. The standard InChI is InChI=1S/C34H52O6/c1-20(2)11-10-16-33(9)28-25(38-21(3)35)19-32(8)24-12-13-26-30(5,6)27(39-22(4)36)15-17-31(26,7)23(24)14-18-34(28,32)29(37)40-33/h20,25-28H,10-19H2,1-9H3/t25-,26-,27-,28+,31+,32-,33-,34+/m0/s1. The summed E-state index contributed by atoms with van der Waals surface area (Å²) in [5, 5.41) is 0. The molecule has 0 aromatic rings. The summed E-state index contributed by atoms with van der Waals surface area (Å²) < 4.78 is 18.4. The first-order valence-corrected chi connectivity index (χ1v) is 15.8. The van der Waals surface area contributed by atoms with Crippen LogP contribution in [0.4, 0.5) is 0 Å². The second-order valence-corrected chi connectivity index (χ2v) is 15.5. The lowest BCUT2D eigenvalue weighted by Crippen LogP contribution is -2.56. The van der Waals surface area contributed by atoms with E-state index in [1.165, 1.54) is 25.0 Å². The van der Waals surface area contributed by atoms with Gasteiger partial charge in [0.05, 0.1) is 11.3 Å². The number of carbonyl (C=O) groups is 3. The third kappa shape index (κ3) is 4.04. The van der Waals surface area contributed by atoms with Crippen molar-refractivity contribution in [1.82, 2.24) is 0 Å². The molecule has 0 unspecified atom stereocenters. The summed E-state index contributed by atoms with van der Waals surface area (Å²) in [4.78, 5) is 38.5. The van der Waals surface area contributed by atoms with E-state index in [9.17, 15) is 14.4 Å². The Hall–Kier alpha value is -1.85. The summed E-state index contributed by atoms with van der Waals surface area (Å²) in [5.41, 5.74) is 1.13. The second kappa shape index (κ2) is 9.59. The van der Waals surface area contributed by atoms with Crippen molar-refractivity contribution in [2.45, 2.75) is 144 Å². The minimum Gasteiger partial charge on any atom is -0.462 e. The molecule has 1 saturated heterocycles. The van der Waals surface area contributed by atoms with Crippen LogP contribution < -0.4 is 0 Å². The third-order valence-electron chi connectivity index (χ3n) is 12.5. The molecular formula is C34H52O6. The first kappa shape index (κ1) is 29.6. The number of hydrogen-bond acceptors (Lipinski definition) is 6. The van der Waals surface area contributed by atoms with Crippen molar-refractivity contribution in [2.75, 3.05) is 0 Å². The number of fused-ring (bicyclic) bond motifs is 3. The van der Waals surface area contributed by atoms with E-state index < -0.39 is 16.4 Å². The molecule has 1 heterocycles. The Bertz CT molecular complexity index is 1120. The molecule has 224 valence electrons. The summed E-state index contributed by atoms with van der Waals surface area (Å²) >= 11 is 0. The van der Waals surface area contributed by atoms with E-state index in [0.29, 0.717) is 18.3 Å². The zero-order chi connectivity index (χ0) is 29.5. The minimum atomic E-state index is -0.661. The van der Waals surface area contributed by atoms with Gasteiger partial charge in [0, 0.05) is 24.7 Å². The van der Waals surface area contributed by atoms with Gasteiger partial charge in [-0.3, -0.25) is 14.4 Å². The van der Waals surface area contributed by atoms with Gasteiger partial charge in [0.25, 0.3) is 0 Å². The maximum atomic E-state index is 14.2. The number of ether oxygens (including phenoxy) is 3. The van der Waals surface area contributed by atoms with Crippen LogP contribution in [0.5, 0.6) is 0 Å². The Morgan fingerprint density at radius 1 is 0.950 bits per heavy atom. The van der Waals surface area contributed by atoms with Crippen LogP contribution in [0.15, 0.2) is 11.1 Å². The zero-order valence-electron chi connectivity index (χ0n) is 26.4. The Labute approximate surface area is 241 Å². The molecule has 1 spiro atoms. The van der Waals surface area contributed by atoms with E-state index in [-0.39, 0.29) is 46.9 Å². The van der Waals surface area contributed by atoms with Gasteiger partial charge >= 0.3 is 17.9 Å². The van der Waals surface area contributed by atoms with Gasteiger partial charge in [0.15, 0.2) is 0 Å². The quantitative estimate of drug-likeness (QED) is 0.194. The highest BCUT2D eigenvalue weighted by Crippen LogP contribution is 2.76. The third-order valence-corrected chi connectivity index (χ3v) is 12.5. The van der Waals surface area contributed by atoms with E-state index in [4.69, 9.17) is 14.2 Å². The fourth-order valence-electron chi connectivity index (χ4n) is 10.9. The Balaban J connectivity index is 1.56. The molecule has 40 heavy (non-hydrogen) atoms. The number of allylic oxidation sites excluding steroid dienone is 2. The summed E-state index contributed by atoms with van der Waals surface area (Å²) in [5.74, 6) is 0.304. The average Bonchev–Trinajstić information content (AvgIpc) is 3.22. The first-order chi connectivity index (χ1) is 18.5. The van der Waals surface area contributed by atoms with Gasteiger partial charge in [-0.25, -0.2) is 0 Å². The molecule has 3 fully saturated rings. The molecular weight excluding hydrogens is 504 g/mol. The van der Waals surface area contributed by atoms with E-state index >= 15 is 0 Å². The van der Waals surface area contributed by atoms with E-state index in [1.54, 1.807) is 0 Å². The molecule has 6 nitrogen and oxygen atoms in total. The first-order valence-electron chi connectivity index (χ1n) is 15.8. The monoisotopic (exact) mass is 556 g/mol. The van der Waals surface area contributed by atoms with Gasteiger partial charge in [0.2, 0.25) is 0 Å². The van der Waals surface area contributed by atoms with Crippen LogP contribution in [-0.2, 0) is 28.6 Å². The van der Waals surface area contributed by atoms with Crippen molar-refractivity contribution in [2.24, 2.45) is 39.4 Å². The Kier molecular flexibility index (Phi) is 7.11. The van der Waals surface area contributed by atoms with Crippen LogP contribution >= 0.6 is 0 Å². The summed E-state index contributed by atoms with van der Waals surface area (Å²) in [6.07, 6.45) is 8.57. The second-order valence-electron chi connectivity index (χ2n) is 15.5. The lowest BCUT2D eigenvalue weighted by atomic mass is 9.43. The van der Waals surface area contributed by atoms with Crippen molar-refractivity contribution < 1.29 is 28.6 Å². The highest BCUT2D eigenvalue weighted by Gasteiger charge is 2.78. The van der Waals surface area contributed by atoms with E-state index in [2.05, 4.69) is 48.5 Å². The molecule has 0 aromatic carbocycles. The summed E-state index contributed by atoms with van der Waals surface area (Å²) in [6, 6.07) is 0. The normalized spacial score (nSPS) is 43.4. The summed E-state index contributed by atoms with van der Waals surface area (Å²) in [7, 11) is 0. The van der Waals surface area contributed by atoms with Crippen LogP contribution in [-0.4, -0.2) is 35.7 Å². The molecule has 1 aliphatic heterocycles. The van der Waals surface area contributed by atoms with Crippen molar-refractivity contribution in [1.29, 1.82) is 0 Å². The van der Waals surface area contributed by atoms with Crippen molar-refractivity contribution in [3.05, 3.63) is 11.1 Å². The Morgan fingerprint density at radius 2 is 1.62 bits per heavy atom. The minimum absolute atomic E-state index is 0.00353. The average molecular weight is 557 g/mol. The number of hydrogen-bond donors (Lipinski definition) is 0. The van der Waals surface area contributed by atoms with E-state index in [1.807, 2.05) is 0 Å². The van der Waals surface area contributed by atoms with Crippen molar-refractivity contribution in [3.8, 4) is 0 Å². The van der Waals surface area contributed by atoms with Crippen molar-refractivity contribution >= 4 is 17.9 Å². The van der Waals surface area contributed by atoms with Gasteiger partial charge in [-0.1, -0.05) is 59.1 Å². The molecule has 0 amide bonds. The van der Waals surface area contributed by atoms with Crippen LogP contribution in [0.1, 0.15) is 127 Å². The molecule has 8 atom stereocenters. The van der Waals surface area contributed by atoms with Gasteiger partial charge in [-0.15, -0.1) is 0 Å². The molecule has 4 aliphatic carbocycles. The van der Waals surface area contributed by atoms with Gasteiger partial charge in [-0.2, -0.15) is 0 Å². The predicted molar refractivity (Wildman–Crippen MR) is 153 cm³/mol. The molecule has 5 aliphatic rings. The molecule has 0 bridgehead atoms. The summed E-state index contributed by atoms with van der Waals surface area (Å²) in [6.45, 7) is 18.8. The SMILES string of the molecule is CC(=O)O[C@H]1C[C@@]2(C)C3=C(CC[C@@]24C(=O)O[C@@](C)(CCCC(C)C)[C@@H]14)[C@@]1(C)CC[C@H](OC(C)=O)C(C)(C)[C@@H]1CC3. The fourth-order valence-corrected chi connectivity index (χ4v) is 10.9. The lowest BCUT2D eigenvalue weighted by molar-refractivity contribution is -0.167. The zero-order valence-corrected chi connectivity index (χ0v) is 26.4. The van der Waals surface area contributed by atoms with Crippen LogP contribution in [0.25, 0.3) is 0 Å². The molecule has 0 N–H and O–H groups in total. The van der Waals surface area contributed by atoms with Crippen molar-refractivity contribution in [3.63, 3.8) is 0 Å². The molecule has 2 saturated carbocycles. The number of rotatable bonds is 6. The smallest absolute Gasteiger partial charge is 0.314 e. The highest BCUT2D eigenvalue weighted by atomic mass is 16.6. The lowest BCUT2D eigenvalue weighted by Gasteiger charge is -2.61. The maximum absolute atomic E-state index is 14.2. The maximum Gasteiger partial charge on any atom is 0.314 e. The molecule has 0 aromatic heterocycles. The Morgan fingerprint density at radius 3 is 2.25 bits per heavy atom. The fraction of sp³-hybridized carbons (Fsp3) is 0.853. The number of cyclic esters (lactones) is 1. The number of carbonyl (C=O) groups excluding carboxylic acids is 3. The van der Waals surface area contributed by atoms with Crippen LogP contribution in [0.3, 0.4) is 0 Å².